The Labute approximate surface area is 186 Å². The summed E-state index contributed by atoms with van der Waals surface area (Å²) in [5.41, 5.74) is 1.41. The average molecular weight is 431 g/mol. The number of hydrogen-bond acceptors (Lipinski definition) is 4. The molecule has 7 nitrogen and oxygen atoms in total. The molecule has 0 spiro atoms. The molecule has 3 aromatic rings. The first kappa shape index (κ1) is 21.4. The highest BCUT2D eigenvalue weighted by Gasteiger charge is 2.28. The van der Waals surface area contributed by atoms with Crippen molar-refractivity contribution in [3.05, 3.63) is 72.8 Å². The topological polar surface area (TPSA) is 87.7 Å². The number of rotatable bonds is 5. The smallest absolute Gasteiger partial charge is 0.321 e. The Kier molecular flexibility index (Phi) is 6.65. The van der Waals surface area contributed by atoms with Gasteiger partial charge in [0.2, 0.25) is 0 Å². The van der Waals surface area contributed by atoms with Crippen LogP contribution in [0, 0.1) is 5.92 Å². The molecule has 1 saturated heterocycles. The SMILES string of the molecule is O=C(COC(=O)C1CCN(C(=O)Nc2ccccc2)CC1)Nc1cccc2ccccc12. The second-order valence-corrected chi connectivity index (χ2v) is 7.74. The van der Waals surface area contributed by atoms with Crippen LogP contribution < -0.4 is 10.6 Å². The molecule has 0 atom stereocenters. The molecular weight excluding hydrogens is 406 g/mol. The molecule has 164 valence electrons. The minimum Gasteiger partial charge on any atom is -0.455 e. The number of carbonyl (C=O) groups is 3. The third-order valence-corrected chi connectivity index (χ3v) is 5.55. The minimum absolute atomic E-state index is 0.183. The highest BCUT2D eigenvalue weighted by Crippen LogP contribution is 2.23. The lowest BCUT2D eigenvalue weighted by Crippen LogP contribution is -2.43. The number of benzene rings is 3. The van der Waals surface area contributed by atoms with E-state index in [0.717, 1.165) is 16.5 Å². The average Bonchev–Trinajstić information content (AvgIpc) is 2.83. The Bertz CT molecular complexity index is 1100. The highest BCUT2D eigenvalue weighted by molar-refractivity contribution is 6.02. The number of para-hydroxylation sites is 1. The van der Waals surface area contributed by atoms with Crippen LogP contribution in [0.4, 0.5) is 16.2 Å². The number of esters is 1. The van der Waals surface area contributed by atoms with Crippen molar-refractivity contribution in [1.29, 1.82) is 0 Å². The number of nitrogens with zero attached hydrogens (tertiary/aromatic N) is 1. The molecule has 1 heterocycles. The molecule has 1 aliphatic rings. The van der Waals surface area contributed by atoms with Crippen molar-refractivity contribution in [3.63, 3.8) is 0 Å². The van der Waals surface area contributed by atoms with Crippen molar-refractivity contribution in [3.8, 4) is 0 Å². The lowest BCUT2D eigenvalue weighted by atomic mass is 9.97. The number of urea groups is 1. The van der Waals surface area contributed by atoms with Crippen molar-refractivity contribution in [1.82, 2.24) is 4.90 Å². The first-order chi connectivity index (χ1) is 15.6. The van der Waals surface area contributed by atoms with Gasteiger partial charge in [-0.3, -0.25) is 9.59 Å². The first-order valence-corrected chi connectivity index (χ1v) is 10.7. The number of likely N-dealkylation sites (tertiary alicyclic amines) is 1. The van der Waals surface area contributed by atoms with Crippen molar-refractivity contribution < 1.29 is 19.1 Å². The fraction of sp³-hybridized carbons (Fsp3) is 0.240. The van der Waals surface area contributed by atoms with Crippen LogP contribution in [-0.2, 0) is 14.3 Å². The summed E-state index contributed by atoms with van der Waals surface area (Å²) in [4.78, 5) is 38.8. The standard InChI is InChI=1S/C25H25N3O4/c29-23(27-22-12-6-8-18-7-4-5-11-21(18)22)17-32-24(30)19-13-15-28(16-14-19)25(31)26-20-9-2-1-3-10-20/h1-12,19H,13-17H2,(H,26,31)(H,27,29). The summed E-state index contributed by atoms with van der Waals surface area (Å²) < 4.78 is 5.25. The molecule has 0 aromatic heterocycles. The molecule has 2 N–H and O–H groups in total. The second kappa shape index (κ2) is 9.96. The van der Waals surface area contributed by atoms with Gasteiger partial charge in [0.15, 0.2) is 6.61 Å². The number of ether oxygens (including phenoxy) is 1. The molecule has 4 rings (SSSR count). The summed E-state index contributed by atoms with van der Waals surface area (Å²) in [6.45, 7) is 0.581. The Morgan fingerprint density at radius 3 is 2.31 bits per heavy atom. The van der Waals surface area contributed by atoms with E-state index in [1.165, 1.54) is 0 Å². The number of nitrogens with one attached hydrogen (secondary N) is 2. The Balaban J connectivity index is 1.23. The van der Waals surface area contributed by atoms with Crippen molar-refractivity contribution in [2.45, 2.75) is 12.8 Å². The van der Waals surface area contributed by atoms with Crippen LogP contribution in [0.3, 0.4) is 0 Å². The molecule has 0 bridgehead atoms. The number of amides is 3. The maximum absolute atomic E-state index is 12.4. The molecule has 3 amide bonds. The third kappa shape index (κ3) is 5.24. The van der Waals surface area contributed by atoms with E-state index in [-0.39, 0.29) is 24.5 Å². The van der Waals surface area contributed by atoms with E-state index in [4.69, 9.17) is 4.74 Å². The zero-order chi connectivity index (χ0) is 22.3. The number of piperidine rings is 1. The van der Waals surface area contributed by atoms with Crippen LogP contribution in [0.2, 0.25) is 0 Å². The van der Waals surface area contributed by atoms with Gasteiger partial charge in [-0.05, 0) is 36.4 Å². The van der Waals surface area contributed by atoms with E-state index in [1.54, 1.807) is 4.90 Å². The van der Waals surface area contributed by atoms with E-state index in [2.05, 4.69) is 10.6 Å². The summed E-state index contributed by atoms with van der Waals surface area (Å²) in [6.07, 6.45) is 1.01. The van der Waals surface area contributed by atoms with E-state index in [1.807, 2.05) is 72.8 Å². The van der Waals surface area contributed by atoms with Gasteiger partial charge in [0.25, 0.3) is 5.91 Å². The quantitative estimate of drug-likeness (QED) is 0.591. The molecule has 0 saturated carbocycles. The monoisotopic (exact) mass is 431 g/mol. The van der Waals surface area contributed by atoms with Crippen LogP contribution in [0.15, 0.2) is 72.8 Å². The van der Waals surface area contributed by atoms with Gasteiger partial charge >= 0.3 is 12.0 Å². The Morgan fingerprint density at radius 1 is 0.844 bits per heavy atom. The van der Waals surface area contributed by atoms with E-state index < -0.39 is 5.97 Å². The number of fused-ring (bicyclic) bond motifs is 1. The maximum Gasteiger partial charge on any atom is 0.321 e. The van der Waals surface area contributed by atoms with Gasteiger partial charge in [0.1, 0.15) is 0 Å². The van der Waals surface area contributed by atoms with Gasteiger partial charge < -0.3 is 20.3 Å². The van der Waals surface area contributed by atoms with Crippen LogP contribution in [-0.4, -0.2) is 42.5 Å². The van der Waals surface area contributed by atoms with Gasteiger partial charge in [-0.25, -0.2) is 4.79 Å². The lowest BCUT2D eigenvalue weighted by molar-refractivity contribution is -0.152. The van der Waals surface area contributed by atoms with Crippen LogP contribution in [0.5, 0.6) is 0 Å². The van der Waals surface area contributed by atoms with Gasteiger partial charge in [-0.1, -0.05) is 54.6 Å². The minimum atomic E-state index is -0.402. The Hall–Kier alpha value is -3.87. The molecule has 3 aromatic carbocycles. The summed E-state index contributed by atoms with van der Waals surface area (Å²) in [5.74, 6) is -1.10. The zero-order valence-corrected chi connectivity index (χ0v) is 17.6. The van der Waals surface area contributed by atoms with Gasteiger partial charge in [0.05, 0.1) is 5.92 Å². The van der Waals surface area contributed by atoms with Crippen molar-refractivity contribution >= 4 is 40.1 Å². The fourth-order valence-electron chi connectivity index (χ4n) is 3.82. The summed E-state index contributed by atoms with van der Waals surface area (Å²) >= 11 is 0. The van der Waals surface area contributed by atoms with E-state index >= 15 is 0 Å². The first-order valence-electron chi connectivity index (χ1n) is 10.7. The third-order valence-electron chi connectivity index (χ3n) is 5.55. The second-order valence-electron chi connectivity index (χ2n) is 7.74. The number of hydrogen-bond donors (Lipinski definition) is 2. The molecule has 7 heteroatoms. The number of carbonyl (C=O) groups excluding carboxylic acids is 3. The molecule has 0 aliphatic carbocycles. The molecule has 0 unspecified atom stereocenters. The van der Waals surface area contributed by atoms with Gasteiger partial charge in [-0.2, -0.15) is 0 Å². The van der Waals surface area contributed by atoms with Crippen LogP contribution in [0.1, 0.15) is 12.8 Å². The van der Waals surface area contributed by atoms with Gasteiger partial charge in [0, 0.05) is 29.9 Å². The largest absolute Gasteiger partial charge is 0.455 e. The predicted octanol–water partition coefficient (Wildman–Crippen LogP) is 4.27. The highest BCUT2D eigenvalue weighted by atomic mass is 16.5. The van der Waals surface area contributed by atoms with Crippen molar-refractivity contribution in [2.24, 2.45) is 5.92 Å². The van der Waals surface area contributed by atoms with Crippen LogP contribution in [0.25, 0.3) is 10.8 Å². The Morgan fingerprint density at radius 2 is 1.53 bits per heavy atom. The molecule has 32 heavy (non-hydrogen) atoms. The molecule has 0 radical (unpaired) electrons. The molecule has 1 aliphatic heterocycles. The molecular formula is C25H25N3O4. The van der Waals surface area contributed by atoms with E-state index in [9.17, 15) is 14.4 Å². The number of anilines is 2. The zero-order valence-electron chi connectivity index (χ0n) is 17.6. The van der Waals surface area contributed by atoms with Crippen molar-refractivity contribution in [2.75, 3.05) is 30.3 Å². The summed E-state index contributed by atoms with van der Waals surface area (Å²) in [6, 6.07) is 22.5. The fourth-order valence-corrected chi connectivity index (χ4v) is 3.82. The summed E-state index contributed by atoms with van der Waals surface area (Å²) in [5, 5.41) is 7.61. The normalized spacial score (nSPS) is 14.1. The van der Waals surface area contributed by atoms with Crippen LogP contribution >= 0.6 is 0 Å². The molecule has 1 fully saturated rings. The predicted molar refractivity (Wildman–Crippen MR) is 123 cm³/mol. The van der Waals surface area contributed by atoms with E-state index in [0.29, 0.717) is 31.6 Å². The summed E-state index contributed by atoms with van der Waals surface area (Å²) in [7, 11) is 0. The maximum atomic E-state index is 12.4. The van der Waals surface area contributed by atoms with Gasteiger partial charge in [-0.15, -0.1) is 0 Å². The lowest BCUT2D eigenvalue weighted by Gasteiger charge is -2.30.